The van der Waals surface area contributed by atoms with Gasteiger partial charge in [-0.25, -0.2) is 0 Å². The van der Waals surface area contributed by atoms with Gasteiger partial charge in [0.2, 0.25) is 0 Å². The molecule has 0 atom stereocenters. The van der Waals surface area contributed by atoms with Gasteiger partial charge in [0, 0.05) is 11.1 Å². The number of ether oxygens (including phenoxy) is 1. The summed E-state index contributed by atoms with van der Waals surface area (Å²) >= 11 is 5.93. The molecule has 4 nitrogen and oxygen atoms in total. The van der Waals surface area contributed by atoms with E-state index in [4.69, 9.17) is 16.3 Å². The summed E-state index contributed by atoms with van der Waals surface area (Å²) < 4.78 is 5.29. The van der Waals surface area contributed by atoms with E-state index in [-0.39, 0.29) is 24.5 Å². The maximum atomic E-state index is 12.6. The monoisotopic (exact) mass is 323 g/mol. The molecule has 1 aliphatic carbocycles. The second kappa shape index (κ2) is 7.14. The first-order chi connectivity index (χ1) is 10.4. The Morgan fingerprint density at radius 2 is 1.82 bits per heavy atom. The zero-order valence-corrected chi connectivity index (χ0v) is 13.8. The van der Waals surface area contributed by atoms with E-state index in [1.807, 2.05) is 26.0 Å². The molecular formula is C17H22ClNO3. The van der Waals surface area contributed by atoms with E-state index in [0.717, 1.165) is 31.2 Å². The van der Waals surface area contributed by atoms with Gasteiger partial charge in [-0.2, -0.15) is 0 Å². The van der Waals surface area contributed by atoms with Crippen LogP contribution in [0, 0.1) is 0 Å². The smallest absolute Gasteiger partial charge is 0.317 e. The van der Waals surface area contributed by atoms with Crippen LogP contribution in [-0.2, 0) is 19.7 Å². The predicted molar refractivity (Wildman–Crippen MR) is 85.8 cm³/mol. The summed E-state index contributed by atoms with van der Waals surface area (Å²) in [6.45, 7) is 3.50. The fourth-order valence-corrected chi connectivity index (χ4v) is 3.12. The van der Waals surface area contributed by atoms with E-state index in [0.29, 0.717) is 5.02 Å². The molecule has 1 aliphatic rings. The third-order valence-electron chi connectivity index (χ3n) is 4.03. The fraction of sp³-hybridized carbons (Fsp3) is 0.529. The summed E-state index contributed by atoms with van der Waals surface area (Å²) in [5.41, 5.74) is 0.284. The van der Waals surface area contributed by atoms with Crippen molar-refractivity contribution in [3.05, 3.63) is 34.9 Å². The van der Waals surface area contributed by atoms with Gasteiger partial charge in [-0.1, -0.05) is 36.6 Å². The molecule has 1 aromatic rings. The first kappa shape index (κ1) is 16.8. The van der Waals surface area contributed by atoms with Crippen LogP contribution < -0.4 is 5.32 Å². The molecule has 0 unspecified atom stereocenters. The molecule has 1 saturated carbocycles. The SMILES string of the molecule is CC(C)NC(=O)COC(=O)C1(c2ccc(Cl)cc2)CCCC1. The van der Waals surface area contributed by atoms with E-state index >= 15 is 0 Å². The quantitative estimate of drug-likeness (QED) is 0.846. The van der Waals surface area contributed by atoms with Crippen LogP contribution in [0.25, 0.3) is 0 Å². The minimum absolute atomic E-state index is 0.0305. The van der Waals surface area contributed by atoms with Gasteiger partial charge < -0.3 is 10.1 Å². The van der Waals surface area contributed by atoms with Crippen LogP contribution in [0.3, 0.4) is 0 Å². The van der Waals surface area contributed by atoms with Gasteiger partial charge in [-0.15, -0.1) is 0 Å². The third kappa shape index (κ3) is 3.80. The van der Waals surface area contributed by atoms with Crippen molar-refractivity contribution in [2.24, 2.45) is 0 Å². The molecule has 0 saturated heterocycles. The number of carbonyl (C=O) groups excluding carboxylic acids is 2. The molecule has 0 spiro atoms. The number of hydrogen-bond donors (Lipinski definition) is 1. The average molecular weight is 324 g/mol. The largest absolute Gasteiger partial charge is 0.455 e. The van der Waals surface area contributed by atoms with Crippen molar-refractivity contribution in [2.75, 3.05) is 6.61 Å². The lowest BCUT2D eigenvalue weighted by Gasteiger charge is -2.27. The Morgan fingerprint density at radius 3 is 2.36 bits per heavy atom. The zero-order valence-electron chi connectivity index (χ0n) is 13.0. The molecule has 2 rings (SSSR count). The van der Waals surface area contributed by atoms with Crippen LogP contribution in [0.2, 0.25) is 5.02 Å². The van der Waals surface area contributed by atoms with Crippen molar-refractivity contribution in [2.45, 2.75) is 51.0 Å². The second-order valence-electron chi connectivity index (χ2n) is 6.09. The van der Waals surface area contributed by atoms with Gasteiger partial charge >= 0.3 is 5.97 Å². The predicted octanol–water partition coefficient (Wildman–Crippen LogP) is 3.22. The van der Waals surface area contributed by atoms with Crippen molar-refractivity contribution in [1.82, 2.24) is 5.32 Å². The van der Waals surface area contributed by atoms with Crippen LogP contribution in [0.1, 0.15) is 45.1 Å². The standard InChI is InChI=1S/C17H22ClNO3/c1-12(2)19-15(20)11-22-16(21)17(9-3-4-10-17)13-5-7-14(18)8-6-13/h5-8,12H,3-4,9-11H2,1-2H3,(H,19,20). The molecule has 0 heterocycles. The number of nitrogens with one attached hydrogen (secondary N) is 1. The number of carbonyl (C=O) groups is 2. The summed E-state index contributed by atoms with van der Waals surface area (Å²) in [7, 11) is 0. The van der Waals surface area contributed by atoms with Crippen molar-refractivity contribution in [3.8, 4) is 0 Å². The summed E-state index contributed by atoms with van der Waals surface area (Å²) in [4.78, 5) is 24.3. The highest BCUT2D eigenvalue weighted by molar-refractivity contribution is 6.30. The maximum absolute atomic E-state index is 12.6. The van der Waals surface area contributed by atoms with Crippen molar-refractivity contribution in [3.63, 3.8) is 0 Å². The number of rotatable bonds is 5. The van der Waals surface area contributed by atoms with Gasteiger partial charge in [-0.05, 0) is 44.4 Å². The highest BCUT2D eigenvalue weighted by Crippen LogP contribution is 2.42. The number of halogens is 1. The molecule has 22 heavy (non-hydrogen) atoms. The molecule has 0 aromatic heterocycles. The Morgan fingerprint density at radius 1 is 1.23 bits per heavy atom. The highest BCUT2D eigenvalue weighted by atomic mass is 35.5. The van der Waals surface area contributed by atoms with Crippen LogP contribution in [0.4, 0.5) is 0 Å². The normalized spacial score (nSPS) is 16.5. The minimum atomic E-state index is -0.636. The summed E-state index contributed by atoms with van der Waals surface area (Å²) in [5, 5.41) is 3.36. The number of esters is 1. The van der Waals surface area contributed by atoms with E-state index in [1.54, 1.807) is 12.1 Å². The summed E-state index contributed by atoms with van der Waals surface area (Å²) in [5.74, 6) is -0.584. The molecule has 120 valence electrons. The molecule has 1 N–H and O–H groups in total. The lowest BCUT2D eigenvalue weighted by molar-refractivity contribution is -0.154. The molecule has 0 radical (unpaired) electrons. The van der Waals surface area contributed by atoms with Crippen molar-refractivity contribution >= 4 is 23.5 Å². The Bertz CT molecular complexity index is 533. The summed E-state index contributed by atoms with van der Waals surface area (Å²) in [6.07, 6.45) is 3.46. The second-order valence-corrected chi connectivity index (χ2v) is 6.53. The first-order valence-electron chi connectivity index (χ1n) is 7.67. The van der Waals surface area contributed by atoms with E-state index in [2.05, 4.69) is 5.32 Å². The molecule has 0 aliphatic heterocycles. The van der Waals surface area contributed by atoms with E-state index < -0.39 is 5.41 Å². The Balaban J connectivity index is 2.09. The number of benzene rings is 1. The Hall–Kier alpha value is -1.55. The minimum Gasteiger partial charge on any atom is -0.455 e. The average Bonchev–Trinajstić information content (AvgIpc) is 2.95. The van der Waals surface area contributed by atoms with Gasteiger partial charge in [-0.3, -0.25) is 9.59 Å². The first-order valence-corrected chi connectivity index (χ1v) is 8.04. The van der Waals surface area contributed by atoms with Crippen molar-refractivity contribution < 1.29 is 14.3 Å². The Labute approximate surface area is 136 Å². The highest BCUT2D eigenvalue weighted by Gasteiger charge is 2.44. The van der Waals surface area contributed by atoms with E-state index in [1.165, 1.54) is 0 Å². The molecule has 1 fully saturated rings. The molecule has 5 heteroatoms. The van der Waals surface area contributed by atoms with Gasteiger partial charge in [0.05, 0.1) is 5.41 Å². The van der Waals surface area contributed by atoms with Crippen LogP contribution in [-0.4, -0.2) is 24.5 Å². The maximum Gasteiger partial charge on any atom is 0.317 e. The zero-order chi connectivity index (χ0) is 16.2. The topological polar surface area (TPSA) is 55.4 Å². The fourth-order valence-electron chi connectivity index (χ4n) is 2.99. The lowest BCUT2D eigenvalue weighted by Crippen LogP contribution is -2.39. The van der Waals surface area contributed by atoms with Crippen LogP contribution in [0.15, 0.2) is 24.3 Å². The lowest BCUT2D eigenvalue weighted by atomic mass is 9.79. The molecule has 0 bridgehead atoms. The molecule has 1 amide bonds. The molecule has 1 aromatic carbocycles. The van der Waals surface area contributed by atoms with Crippen LogP contribution in [0.5, 0.6) is 0 Å². The van der Waals surface area contributed by atoms with Gasteiger partial charge in [0.25, 0.3) is 5.91 Å². The summed E-state index contributed by atoms with van der Waals surface area (Å²) in [6, 6.07) is 7.36. The van der Waals surface area contributed by atoms with Gasteiger partial charge in [0.1, 0.15) is 0 Å². The van der Waals surface area contributed by atoms with Gasteiger partial charge in [0.15, 0.2) is 6.61 Å². The number of hydrogen-bond acceptors (Lipinski definition) is 3. The Kier molecular flexibility index (Phi) is 5.46. The third-order valence-corrected chi connectivity index (χ3v) is 4.28. The van der Waals surface area contributed by atoms with Crippen molar-refractivity contribution in [1.29, 1.82) is 0 Å². The van der Waals surface area contributed by atoms with Crippen LogP contribution >= 0.6 is 11.6 Å². The molecular weight excluding hydrogens is 302 g/mol. The van der Waals surface area contributed by atoms with E-state index in [9.17, 15) is 9.59 Å². The number of amides is 1.